The first-order chi connectivity index (χ1) is 12.7. The van der Waals surface area contributed by atoms with Crippen LogP contribution in [0, 0.1) is 11.8 Å². The summed E-state index contributed by atoms with van der Waals surface area (Å²) in [5.41, 5.74) is 1.63. The Kier molecular flexibility index (Phi) is 5.72. The SMILES string of the molecule is COc1cc(CCCOCC#Cc2cc(O)cc(O)c2)cc2c1OCO2. The molecule has 0 aromatic heterocycles. The number of aryl methyl sites for hydroxylation is 1. The average Bonchev–Trinajstić information content (AvgIpc) is 3.08. The van der Waals surface area contributed by atoms with Crippen molar-refractivity contribution in [1.29, 1.82) is 0 Å². The summed E-state index contributed by atoms with van der Waals surface area (Å²) in [5, 5.41) is 18.8. The summed E-state index contributed by atoms with van der Waals surface area (Å²) in [5.74, 6) is 7.69. The van der Waals surface area contributed by atoms with Crippen molar-refractivity contribution in [2.45, 2.75) is 12.8 Å². The second-order valence-electron chi connectivity index (χ2n) is 5.73. The smallest absolute Gasteiger partial charge is 0.231 e. The molecular weight excluding hydrogens is 336 g/mol. The van der Waals surface area contributed by atoms with Crippen LogP contribution >= 0.6 is 0 Å². The molecular formula is C20H20O6. The number of phenolic OH excluding ortho intramolecular Hbond substituents is 2. The second-order valence-corrected chi connectivity index (χ2v) is 5.73. The van der Waals surface area contributed by atoms with E-state index in [0.29, 0.717) is 29.4 Å². The number of rotatable bonds is 6. The summed E-state index contributed by atoms with van der Waals surface area (Å²) in [6.45, 7) is 1.06. The highest BCUT2D eigenvalue weighted by Gasteiger charge is 2.19. The monoisotopic (exact) mass is 356 g/mol. The fraction of sp³-hybridized carbons (Fsp3) is 0.300. The Hall–Kier alpha value is -3.04. The van der Waals surface area contributed by atoms with Gasteiger partial charge >= 0.3 is 0 Å². The van der Waals surface area contributed by atoms with Gasteiger partial charge in [-0.3, -0.25) is 0 Å². The first-order valence-corrected chi connectivity index (χ1v) is 8.22. The van der Waals surface area contributed by atoms with Crippen molar-refractivity contribution in [3.8, 4) is 40.6 Å². The van der Waals surface area contributed by atoms with Crippen molar-refractivity contribution < 1.29 is 29.2 Å². The molecule has 6 heteroatoms. The van der Waals surface area contributed by atoms with Crippen LogP contribution in [0.25, 0.3) is 0 Å². The molecule has 0 radical (unpaired) electrons. The van der Waals surface area contributed by atoms with Gasteiger partial charge < -0.3 is 29.2 Å². The lowest BCUT2D eigenvalue weighted by atomic mass is 10.1. The van der Waals surface area contributed by atoms with Crippen LogP contribution in [0.3, 0.4) is 0 Å². The summed E-state index contributed by atoms with van der Waals surface area (Å²) in [6.07, 6.45) is 1.65. The molecule has 0 unspecified atom stereocenters. The van der Waals surface area contributed by atoms with Crippen LogP contribution in [0.2, 0.25) is 0 Å². The van der Waals surface area contributed by atoms with E-state index in [1.165, 1.54) is 18.2 Å². The Morgan fingerprint density at radius 1 is 1.08 bits per heavy atom. The largest absolute Gasteiger partial charge is 0.508 e. The minimum absolute atomic E-state index is 0.0191. The Balaban J connectivity index is 1.43. The maximum Gasteiger partial charge on any atom is 0.231 e. The van der Waals surface area contributed by atoms with Gasteiger partial charge in [0.2, 0.25) is 12.5 Å². The molecule has 1 heterocycles. The lowest BCUT2D eigenvalue weighted by molar-refractivity contribution is 0.164. The molecule has 2 aromatic carbocycles. The zero-order valence-electron chi connectivity index (χ0n) is 14.4. The van der Waals surface area contributed by atoms with E-state index >= 15 is 0 Å². The molecule has 0 fully saturated rings. The van der Waals surface area contributed by atoms with E-state index in [9.17, 15) is 10.2 Å². The number of phenols is 2. The molecule has 3 rings (SSSR count). The van der Waals surface area contributed by atoms with Gasteiger partial charge in [0.1, 0.15) is 18.1 Å². The molecule has 0 aliphatic carbocycles. The van der Waals surface area contributed by atoms with Crippen LogP contribution in [0.1, 0.15) is 17.5 Å². The molecule has 0 amide bonds. The quantitative estimate of drug-likeness (QED) is 0.612. The van der Waals surface area contributed by atoms with Crippen molar-refractivity contribution in [1.82, 2.24) is 0 Å². The zero-order valence-corrected chi connectivity index (χ0v) is 14.4. The molecule has 0 saturated heterocycles. The summed E-state index contributed by atoms with van der Waals surface area (Å²) in [7, 11) is 1.61. The summed E-state index contributed by atoms with van der Waals surface area (Å²) in [4.78, 5) is 0. The first kappa shape index (κ1) is 17.8. The molecule has 0 bridgehead atoms. The normalized spacial score (nSPS) is 11.7. The lowest BCUT2D eigenvalue weighted by Crippen LogP contribution is -1.98. The van der Waals surface area contributed by atoms with E-state index in [1.807, 2.05) is 12.1 Å². The number of ether oxygens (including phenoxy) is 4. The Labute approximate surface area is 151 Å². The highest BCUT2D eigenvalue weighted by Crippen LogP contribution is 2.41. The van der Waals surface area contributed by atoms with Crippen LogP contribution in [-0.4, -0.2) is 37.3 Å². The molecule has 1 aliphatic rings. The molecule has 26 heavy (non-hydrogen) atoms. The van der Waals surface area contributed by atoms with Gasteiger partial charge in [0, 0.05) is 18.2 Å². The Morgan fingerprint density at radius 3 is 2.65 bits per heavy atom. The van der Waals surface area contributed by atoms with Crippen LogP contribution < -0.4 is 14.2 Å². The van der Waals surface area contributed by atoms with Crippen molar-refractivity contribution >= 4 is 0 Å². The number of hydrogen-bond donors (Lipinski definition) is 2. The lowest BCUT2D eigenvalue weighted by Gasteiger charge is -2.08. The van der Waals surface area contributed by atoms with Gasteiger partial charge in [0.05, 0.1) is 7.11 Å². The molecule has 1 aliphatic heterocycles. The van der Waals surface area contributed by atoms with Gasteiger partial charge in [-0.05, 0) is 42.7 Å². The highest BCUT2D eigenvalue weighted by molar-refractivity contribution is 5.55. The predicted octanol–water partition coefficient (Wildman–Crippen LogP) is 2.84. The number of methoxy groups -OCH3 is 1. The average molecular weight is 356 g/mol. The van der Waals surface area contributed by atoms with E-state index in [4.69, 9.17) is 18.9 Å². The molecule has 0 spiro atoms. The maximum absolute atomic E-state index is 9.39. The second kappa shape index (κ2) is 8.37. The first-order valence-electron chi connectivity index (χ1n) is 8.22. The molecule has 6 nitrogen and oxygen atoms in total. The number of benzene rings is 2. The number of aromatic hydroxyl groups is 2. The van der Waals surface area contributed by atoms with E-state index in [1.54, 1.807) is 7.11 Å². The van der Waals surface area contributed by atoms with Crippen LogP contribution in [0.4, 0.5) is 0 Å². The van der Waals surface area contributed by atoms with E-state index < -0.39 is 0 Å². The van der Waals surface area contributed by atoms with E-state index in [-0.39, 0.29) is 24.9 Å². The summed E-state index contributed by atoms with van der Waals surface area (Å²) >= 11 is 0. The van der Waals surface area contributed by atoms with Gasteiger partial charge in [-0.1, -0.05) is 11.8 Å². The van der Waals surface area contributed by atoms with Gasteiger partial charge in [-0.15, -0.1) is 0 Å². The van der Waals surface area contributed by atoms with Crippen LogP contribution in [-0.2, 0) is 11.2 Å². The molecule has 2 aromatic rings. The Bertz CT molecular complexity index is 814. The van der Waals surface area contributed by atoms with Crippen molar-refractivity contribution in [3.05, 3.63) is 41.5 Å². The maximum atomic E-state index is 9.39. The van der Waals surface area contributed by atoms with E-state index in [2.05, 4.69) is 11.8 Å². The number of hydrogen-bond acceptors (Lipinski definition) is 6. The van der Waals surface area contributed by atoms with Crippen molar-refractivity contribution in [2.75, 3.05) is 27.1 Å². The minimum Gasteiger partial charge on any atom is -0.508 e. The predicted molar refractivity (Wildman–Crippen MR) is 94.9 cm³/mol. The number of fused-ring (bicyclic) bond motifs is 1. The Morgan fingerprint density at radius 2 is 1.88 bits per heavy atom. The topological polar surface area (TPSA) is 77.4 Å². The highest BCUT2D eigenvalue weighted by atomic mass is 16.7. The third kappa shape index (κ3) is 4.52. The molecule has 0 saturated carbocycles. The third-order valence-corrected chi connectivity index (χ3v) is 3.78. The van der Waals surface area contributed by atoms with Gasteiger partial charge in [-0.2, -0.15) is 0 Å². The molecule has 0 atom stereocenters. The van der Waals surface area contributed by atoms with Gasteiger partial charge in [-0.25, -0.2) is 0 Å². The van der Waals surface area contributed by atoms with Crippen LogP contribution in [0.15, 0.2) is 30.3 Å². The molecule has 136 valence electrons. The molecule has 2 N–H and O–H groups in total. The van der Waals surface area contributed by atoms with E-state index in [0.717, 1.165) is 18.4 Å². The minimum atomic E-state index is -0.0191. The van der Waals surface area contributed by atoms with Crippen molar-refractivity contribution in [2.24, 2.45) is 0 Å². The third-order valence-electron chi connectivity index (χ3n) is 3.78. The zero-order chi connectivity index (χ0) is 18.4. The van der Waals surface area contributed by atoms with Crippen LogP contribution in [0.5, 0.6) is 28.7 Å². The fourth-order valence-corrected chi connectivity index (χ4v) is 2.64. The summed E-state index contributed by atoms with van der Waals surface area (Å²) < 4.78 is 21.6. The summed E-state index contributed by atoms with van der Waals surface area (Å²) in [6, 6.07) is 8.13. The van der Waals surface area contributed by atoms with Gasteiger partial charge in [0.15, 0.2) is 11.5 Å². The van der Waals surface area contributed by atoms with Crippen molar-refractivity contribution in [3.63, 3.8) is 0 Å². The fourth-order valence-electron chi connectivity index (χ4n) is 2.64. The standard InChI is InChI=1S/C20H20O6/c1-23-18-10-15(11-19-20(18)26-13-25-19)5-3-7-24-6-2-4-14-8-16(21)12-17(22)9-14/h8-12,21-22H,3,5-7,13H2,1H3. The van der Waals surface area contributed by atoms with Gasteiger partial charge in [0.25, 0.3) is 0 Å².